The molecule has 0 amide bonds. The fourth-order valence-corrected chi connectivity index (χ4v) is 2.91. The summed E-state index contributed by atoms with van der Waals surface area (Å²) in [6, 6.07) is 1.09. The monoisotopic (exact) mass is 482 g/mol. The second kappa shape index (κ2) is 11.9. The molecule has 142 valence electrons. The predicted octanol–water partition coefficient (Wildman–Crippen LogP) is -7.78. The molecule has 0 saturated carbocycles. The van der Waals surface area contributed by atoms with E-state index >= 15 is 0 Å². The summed E-state index contributed by atoms with van der Waals surface area (Å²) in [6.45, 7) is 0.433. The molecule has 0 aliphatic rings. The Labute approximate surface area is 245 Å². The van der Waals surface area contributed by atoms with Crippen LogP contribution in [0.3, 0.4) is 0 Å². The number of aromatic nitrogens is 3. The Balaban J connectivity index is 0.00000364. The second-order valence-corrected chi connectivity index (χ2v) is 7.46. The van der Waals surface area contributed by atoms with Crippen molar-refractivity contribution in [2.24, 2.45) is 5.73 Å². The summed E-state index contributed by atoms with van der Waals surface area (Å²) in [5.74, 6) is -0.617. The Morgan fingerprint density at radius 1 is 1.07 bits per heavy atom. The molecule has 0 bridgehead atoms. The van der Waals surface area contributed by atoms with E-state index in [4.69, 9.17) is 5.73 Å². The molecule has 0 aliphatic heterocycles. The molecule has 0 saturated heterocycles. The molecule has 28 heavy (non-hydrogen) atoms. The van der Waals surface area contributed by atoms with Crippen LogP contribution in [0, 0.1) is 0 Å². The molecule has 0 radical (unpaired) electrons. The molecule has 13 nitrogen and oxygen atoms in total. The number of benzene rings is 1. The molecule has 2 aromatic rings. The zero-order valence-corrected chi connectivity index (χ0v) is 22.7. The average Bonchev–Trinajstić information content (AvgIpc) is 2.50. The van der Waals surface area contributed by atoms with Gasteiger partial charge in [-0.05, 0) is 18.2 Å². The Morgan fingerprint density at radius 3 is 2.21 bits per heavy atom. The van der Waals surface area contributed by atoms with E-state index in [1.165, 1.54) is 0 Å². The number of hydrogen-bond acceptors (Lipinski definition) is 12. The van der Waals surface area contributed by atoms with E-state index in [2.05, 4.69) is 25.6 Å². The molecule has 1 heterocycles. The van der Waals surface area contributed by atoms with Gasteiger partial charge in [-0.3, -0.25) is 4.55 Å². The van der Waals surface area contributed by atoms with E-state index < -0.39 is 47.7 Å². The van der Waals surface area contributed by atoms with Gasteiger partial charge in [0.15, 0.2) is 0 Å². The maximum Gasteiger partial charge on any atom is 1.00 e. The smallest absolute Gasteiger partial charge is 0.844 e. The van der Waals surface area contributed by atoms with Gasteiger partial charge >= 0.3 is 103 Å². The van der Waals surface area contributed by atoms with Gasteiger partial charge in [0.2, 0.25) is 11.9 Å². The summed E-state index contributed by atoms with van der Waals surface area (Å²) >= 11 is 0. The van der Waals surface area contributed by atoms with Crippen LogP contribution in [-0.4, -0.2) is 54.0 Å². The Bertz CT molecular complexity index is 1040. The fourth-order valence-electron chi connectivity index (χ4n) is 1.78. The number of nitrogens with zero attached hydrogens (tertiary/aromatic N) is 3. The molecule has 0 fully saturated rings. The molecular weight excluding hydrogens is 470 g/mol. The molecule has 5 N–H and O–H groups in total. The van der Waals surface area contributed by atoms with Crippen LogP contribution in [0.2, 0.25) is 0 Å². The van der Waals surface area contributed by atoms with E-state index in [9.17, 15) is 31.0 Å². The summed E-state index contributed by atoms with van der Waals surface area (Å²) in [5, 5.41) is 16.4. The average molecular weight is 483 g/mol. The van der Waals surface area contributed by atoms with Gasteiger partial charge in [0.05, 0.1) is 16.6 Å². The minimum Gasteiger partial charge on any atom is -0.844 e. The van der Waals surface area contributed by atoms with Crippen molar-refractivity contribution >= 4 is 37.8 Å². The van der Waals surface area contributed by atoms with Crippen LogP contribution in [0.15, 0.2) is 28.0 Å². The van der Waals surface area contributed by atoms with E-state index in [1.54, 1.807) is 0 Å². The Kier molecular flexibility index (Phi) is 12.2. The van der Waals surface area contributed by atoms with Gasteiger partial charge in [-0.25, -0.2) is 18.4 Å². The van der Waals surface area contributed by atoms with Crippen molar-refractivity contribution < 1.29 is 134 Å². The largest absolute Gasteiger partial charge is 1.00 e. The zero-order valence-electron chi connectivity index (χ0n) is 14.8. The molecule has 0 aliphatic carbocycles. The second-order valence-electron chi connectivity index (χ2n) is 4.69. The maximum absolute atomic E-state index is 11.5. The Morgan fingerprint density at radius 2 is 1.68 bits per heavy atom. The number of nitrogens with one attached hydrogen (secondary N) is 2. The van der Waals surface area contributed by atoms with Crippen molar-refractivity contribution in [1.29, 1.82) is 0 Å². The van der Waals surface area contributed by atoms with Gasteiger partial charge in [0.1, 0.15) is 15.0 Å². The van der Waals surface area contributed by atoms with Crippen molar-refractivity contribution in [1.82, 2.24) is 15.0 Å². The molecule has 0 unspecified atom stereocenters. The van der Waals surface area contributed by atoms with Gasteiger partial charge in [-0.15, -0.1) is 0 Å². The van der Waals surface area contributed by atoms with Crippen molar-refractivity contribution in [3.8, 4) is 6.01 Å². The first-order chi connectivity index (χ1) is 12.0. The van der Waals surface area contributed by atoms with Crippen LogP contribution >= 0.6 is 0 Å². The third-order valence-corrected chi connectivity index (χ3v) is 4.55. The van der Waals surface area contributed by atoms with E-state index in [0.717, 1.165) is 0 Å². The van der Waals surface area contributed by atoms with E-state index in [1.807, 2.05) is 0 Å². The van der Waals surface area contributed by atoms with Gasteiger partial charge in [-0.1, -0.05) is 0 Å². The summed E-state index contributed by atoms with van der Waals surface area (Å²) in [6.07, 6.45) is 0. The number of rotatable bonds is 7. The fraction of sp³-hybridized carbons (Fsp3) is 0.182. The van der Waals surface area contributed by atoms with Crippen LogP contribution in [-0.2, 0) is 20.2 Å². The minimum atomic E-state index is -4.92. The van der Waals surface area contributed by atoms with E-state index in [-0.39, 0.29) is 122 Å². The summed E-state index contributed by atoms with van der Waals surface area (Å²) in [4.78, 5) is 9.08. The number of nitrogens with two attached hydrogens (primary N) is 1. The van der Waals surface area contributed by atoms with Crippen LogP contribution < -0.4 is 124 Å². The van der Waals surface area contributed by atoms with Gasteiger partial charge in [0.25, 0.3) is 10.1 Å². The van der Waals surface area contributed by atoms with Gasteiger partial charge in [-0.2, -0.15) is 13.4 Å². The third kappa shape index (κ3) is 8.43. The summed E-state index contributed by atoms with van der Waals surface area (Å²) in [5.41, 5.74) is 4.76. The standard InChI is InChI=1S/C11H14N6O7S2.2K/c12-3-4-13-9-15-10(17-11(18)16-9)14-7-5-6(25(19,20)21)1-2-8(7)26(22,23)24;;/h1-2,5H,3-4,12H2,(H,19,20,21)(H,22,23,24)(H3,13,14,15,16,17,18);;/q;2*+1/p-2. The van der Waals surface area contributed by atoms with Gasteiger partial charge in [0, 0.05) is 13.1 Å². The molecule has 0 spiro atoms. The first-order valence-electron chi connectivity index (χ1n) is 6.72. The molecular formula is C11H12K2N6O7S2. The zero-order chi connectivity index (χ0) is 19.5. The predicted molar refractivity (Wildman–Crippen MR) is 84.3 cm³/mol. The van der Waals surface area contributed by atoms with Crippen molar-refractivity contribution in [3.63, 3.8) is 0 Å². The Hall–Kier alpha value is 0.683. The minimum absolute atomic E-state index is 0. The van der Waals surface area contributed by atoms with Crippen molar-refractivity contribution in [2.45, 2.75) is 9.79 Å². The maximum atomic E-state index is 11.5. The molecule has 1 aromatic heterocycles. The topological polar surface area (TPSA) is 223 Å². The molecule has 17 heteroatoms. The van der Waals surface area contributed by atoms with Crippen LogP contribution in [0.1, 0.15) is 0 Å². The SMILES string of the molecule is NCCNc1nc([O-])nc(Nc2cc(S(=O)(=O)[O-])ccc2S(=O)(=O)O)n1.[K+].[K+]. The quantitative estimate of drug-likeness (QED) is 0.213. The van der Waals surface area contributed by atoms with Crippen molar-refractivity contribution in [3.05, 3.63) is 18.2 Å². The van der Waals surface area contributed by atoms with Crippen LogP contribution in [0.25, 0.3) is 0 Å². The molecule has 1 aromatic carbocycles. The van der Waals surface area contributed by atoms with Crippen molar-refractivity contribution in [2.75, 3.05) is 23.7 Å². The van der Waals surface area contributed by atoms with E-state index in [0.29, 0.717) is 18.2 Å². The van der Waals surface area contributed by atoms with Gasteiger partial charge < -0.3 is 26.0 Å². The number of anilines is 3. The van der Waals surface area contributed by atoms with Crippen LogP contribution in [0.5, 0.6) is 6.01 Å². The number of hydrogen-bond donors (Lipinski definition) is 4. The summed E-state index contributed by atoms with van der Waals surface area (Å²) in [7, 11) is -9.71. The normalized spacial score (nSPS) is 11.1. The first kappa shape index (κ1) is 28.7. The summed E-state index contributed by atoms with van der Waals surface area (Å²) < 4.78 is 65.4. The molecule has 0 atom stereocenters. The third-order valence-electron chi connectivity index (χ3n) is 2.81. The molecule has 2 rings (SSSR count). The van der Waals surface area contributed by atoms with Crippen LogP contribution in [0.4, 0.5) is 17.6 Å². The first-order valence-corrected chi connectivity index (χ1v) is 9.57.